The molecule has 1 atom stereocenters. The van der Waals surface area contributed by atoms with Crippen molar-refractivity contribution >= 4 is 7.60 Å². The van der Waals surface area contributed by atoms with E-state index in [2.05, 4.69) is 17.0 Å². The second-order valence-electron chi connectivity index (χ2n) is 4.97. The van der Waals surface area contributed by atoms with Gasteiger partial charge >= 0.3 is 7.60 Å². The largest absolute Gasteiger partial charge is 0.341 e. The van der Waals surface area contributed by atoms with E-state index in [4.69, 9.17) is 4.89 Å². The van der Waals surface area contributed by atoms with Gasteiger partial charge in [-0.25, -0.2) is 4.62 Å². The standard InChI is InChI=1S/C13H30NO3P/c1-3-4-5-6-7-8-9-10-11-12-13-14-17-18(2,15)16/h14H,3-13H2,1-2H3,(H,15,16). The molecule has 0 aliphatic heterocycles. The molecule has 0 aromatic rings. The van der Waals surface area contributed by atoms with E-state index >= 15 is 0 Å². The highest BCUT2D eigenvalue weighted by Gasteiger charge is 2.08. The maximum Gasteiger partial charge on any atom is 0.341 e. The molecule has 0 aliphatic rings. The van der Waals surface area contributed by atoms with Crippen LogP contribution in [-0.4, -0.2) is 18.1 Å². The second kappa shape index (κ2) is 12.2. The van der Waals surface area contributed by atoms with E-state index in [1.165, 1.54) is 58.0 Å². The van der Waals surface area contributed by atoms with Gasteiger partial charge in [0.15, 0.2) is 0 Å². The quantitative estimate of drug-likeness (QED) is 0.301. The maximum absolute atomic E-state index is 10.8. The van der Waals surface area contributed by atoms with Gasteiger partial charge in [0.1, 0.15) is 0 Å². The fraction of sp³-hybridized carbons (Fsp3) is 1.00. The van der Waals surface area contributed by atoms with Gasteiger partial charge in [-0.15, -0.1) is 0 Å². The van der Waals surface area contributed by atoms with Gasteiger partial charge in [0.05, 0.1) is 0 Å². The average Bonchev–Trinajstić information content (AvgIpc) is 2.29. The summed E-state index contributed by atoms with van der Waals surface area (Å²) in [5.74, 6) is 0. The first-order valence-electron chi connectivity index (χ1n) is 7.28. The number of nitrogens with one attached hydrogen (secondary N) is 1. The Balaban J connectivity index is 3.01. The minimum absolute atomic E-state index is 0.648. The molecule has 0 saturated carbocycles. The first-order valence-corrected chi connectivity index (χ1v) is 9.30. The molecule has 0 aromatic heterocycles. The molecule has 2 N–H and O–H groups in total. The van der Waals surface area contributed by atoms with Crippen molar-refractivity contribution < 1.29 is 14.1 Å². The smallest absolute Gasteiger partial charge is 0.324 e. The monoisotopic (exact) mass is 279 g/mol. The molecule has 0 aliphatic carbocycles. The van der Waals surface area contributed by atoms with Gasteiger partial charge in [0.2, 0.25) is 0 Å². The highest BCUT2D eigenvalue weighted by Crippen LogP contribution is 2.34. The third kappa shape index (κ3) is 16.1. The van der Waals surface area contributed by atoms with Crippen molar-refractivity contribution in [3.05, 3.63) is 0 Å². The summed E-state index contributed by atoms with van der Waals surface area (Å²) in [6.07, 6.45) is 12.9. The Morgan fingerprint density at radius 2 is 1.39 bits per heavy atom. The van der Waals surface area contributed by atoms with Crippen LogP contribution >= 0.6 is 7.60 Å². The van der Waals surface area contributed by atoms with E-state index in [0.717, 1.165) is 12.8 Å². The SMILES string of the molecule is CCCCCCCCCCCCNOP(C)(=O)O. The number of rotatable bonds is 13. The van der Waals surface area contributed by atoms with Crippen molar-refractivity contribution in [3.8, 4) is 0 Å². The number of hydrogen-bond donors (Lipinski definition) is 2. The molecule has 0 radical (unpaired) electrons. The van der Waals surface area contributed by atoms with Gasteiger partial charge in [-0.2, -0.15) is 5.48 Å². The minimum atomic E-state index is -3.36. The molecule has 0 bridgehead atoms. The van der Waals surface area contributed by atoms with E-state index in [1.807, 2.05) is 0 Å². The zero-order chi connectivity index (χ0) is 13.7. The number of unbranched alkanes of at least 4 members (excludes halogenated alkanes) is 9. The van der Waals surface area contributed by atoms with Gasteiger partial charge < -0.3 is 4.89 Å². The van der Waals surface area contributed by atoms with E-state index in [1.54, 1.807) is 0 Å². The second-order valence-corrected chi connectivity index (χ2v) is 6.76. The summed E-state index contributed by atoms with van der Waals surface area (Å²) in [5.41, 5.74) is 2.54. The van der Waals surface area contributed by atoms with Crippen molar-refractivity contribution in [3.63, 3.8) is 0 Å². The Kier molecular flexibility index (Phi) is 12.2. The van der Waals surface area contributed by atoms with Crippen molar-refractivity contribution in [1.82, 2.24) is 5.48 Å². The van der Waals surface area contributed by atoms with Crippen LogP contribution in [0.2, 0.25) is 0 Å². The van der Waals surface area contributed by atoms with Crippen LogP contribution in [0.25, 0.3) is 0 Å². The lowest BCUT2D eigenvalue weighted by atomic mass is 10.1. The predicted molar refractivity (Wildman–Crippen MR) is 76.7 cm³/mol. The average molecular weight is 279 g/mol. The Labute approximate surface area is 112 Å². The molecular weight excluding hydrogens is 249 g/mol. The summed E-state index contributed by atoms with van der Waals surface area (Å²) in [4.78, 5) is 8.85. The number of hydroxylamine groups is 1. The van der Waals surface area contributed by atoms with Gasteiger partial charge in [-0.05, 0) is 6.42 Å². The van der Waals surface area contributed by atoms with Crippen LogP contribution in [0.15, 0.2) is 0 Å². The highest BCUT2D eigenvalue weighted by molar-refractivity contribution is 7.51. The van der Waals surface area contributed by atoms with Gasteiger partial charge in [-0.3, -0.25) is 4.57 Å². The lowest BCUT2D eigenvalue weighted by Crippen LogP contribution is -2.13. The van der Waals surface area contributed by atoms with E-state index in [9.17, 15) is 4.57 Å². The summed E-state index contributed by atoms with van der Waals surface area (Å²) in [7, 11) is -3.36. The van der Waals surface area contributed by atoms with Crippen molar-refractivity contribution in [2.75, 3.05) is 13.2 Å². The molecule has 0 spiro atoms. The first-order chi connectivity index (χ1) is 8.56. The molecule has 0 amide bonds. The van der Waals surface area contributed by atoms with Crippen molar-refractivity contribution in [2.45, 2.75) is 71.1 Å². The third-order valence-electron chi connectivity index (χ3n) is 2.87. The minimum Gasteiger partial charge on any atom is -0.324 e. The van der Waals surface area contributed by atoms with E-state index in [0.29, 0.717) is 6.54 Å². The third-order valence-corrected chi connectivity index (χ3v) is 3.33. The Morgan fingerprint density at radius 3 is 1.83 bits per heavy atom. The molecule has 0 heterocycles. The fourth-order valence-corrected chi connectivity index (χ4v) is 2.18. The van der Waals surface area contributed by atoms with E-state index < -0.39 is 7.60 Å². The lowest BCUT2D eigenvalue weighted by molar-refractivity contribution is 0.167. The molecule has 5 heteroatoms. The first kappa shape index (κ1) is 18.1. The van der Waals surface area contributed by atoms with Crippen LogP contribution in [0.4, 0.5) is 0 Å². The summed E-state index contributed by atoms with van der Waals surface area (Å²) >= 11 is 0. The van der Waals surface area contributed by atoms with Crippen LogP contribution in [-0.2, 0) is 9.19 Å². The van der Waals surface area contributed by atoms with Crippen molar-refractivity contribution in [1.29, 1.82) is 0 Å². The van der Waals surface area contributed by atoms with Crippen LogP contribution in [0.5, 0.6) is 0 Å². The zero-order valence-corrected chi connectivity index (χ0v) is 12.9. The summed E-state index contributed by atoms with van der Waals surface area (Å²) in [6.45, 7) is 4.07. The molecule has 18 heavy (non-hydrogen) atoms. The predicted octanol–water partition coefficient (Wildman–Crippen LogP) is 4.24. The molecule has 4 nitrogen and oxygen atoms in total. The number of hydrogen-bond acceptors (Lipinski definition) is 3. The molecule has 0 rings (SSSR count). The molecule has 0 fully saturated rings. The zero-order valence-electron chi connectivity index (χ0n) is 12.0. The summed E-state index contributed by atoms with van der Waals surface area (Å²) in [6, 6.07) is 0. The molecule has 110 valence electrons. The van der Waals surface area contributed by atoms with Gasteiger partial charge in [-0.1, -0.05) is 64.7 Å². The topological polar surface area (TPSA) is 58.6 Å². The Hall–Kier alpha value is 0.110. The summed E-state index contributed by atoms with van der Waals surface area (Å²) in [5, 5.41) is 0. The Bertz CT molecular complexity index is 218. The van der Waals surface area contributed by atoms with Gasteiger partial charge in [0.25, 0.3) is 0 Å². The maximum atomic E-state index is 10.8. The molecule has 0 aromatic carbocycles. The van der Waals surface area contributed by atoms with E-state index in [-0.39, 0.29) is 0 Å². The molecular formula is C13H30NO3P. The van der Waals surface area contributed by atoms with Crippen LogP contribution < -0.4 is 5.48 Å². The van der Waals surface area contributed by atoms with Crippen molar-refractivity contribution in [2.24, 2.45) is 0 Å². The van der Waals surface area contributed by atoms with Gasteiger partial charge in [0, 0.05) is 13.2 Å². The van der Waals surface area contributed by atoms with Crippen LogP contribution in [0, 0.1) is 0 Å². The Morgan fingerprint density at radius 1 is 0.944 bits per heavy atom. The van der Waals surface area contributed by atoms with Crippen LogP contribution in [0.3, 0.4) is 0 Å². The molecule has 0 saturated heterocycles. The summed E-state index contributed by atoms with van der Waals surface area (Å²) < 4.78 is 15.3. The molecule has 1 unspecified atom stereocenters. The fourth-order valence-electron chi connectivity index (χ4n) is 1.85. The normalized spacial score (nSPS) is 14.6. The lowest BCUT2D eigenvalue weighted by Gasteiger charge is -2.07. The van der Waals surface area contributed by atoms with Crippen LogP contribution in [0.1, 0.15) is 71.1 Å². The highest BCUT2D eigenvalue weighted by atomic mass is 31.2.